The highest BCUT2D eigenvalue weighted by atomic mass is 32.2. The lowest BCUT2D eigenvalue weighted by Crippen LogP contribution is -2.47. The minimum atomic E-state index is -0.939. The number of rotatable bonds is 7. The van der Waals surface area contributed by atoms with E-state index >= 15 is 0 Å². The van der Waals surface area contributed by atoms with Crippen molar-refractivity contribution in [3.63, 3.8) is 0 Å². The van der Waals surface area contributed by atoms with Gasteiger partial charge in [0.2, 0.25) is 0 Å². The molecule has 2 aliphatic rings. The molecule has 0 unspecified atom stereocenters. The number of carboxylic acid groups (broad SMARTS) is 1. The Bertz CT molecular complexity index is 1500. The number of amides is 1. The number of thiocarbonyl (C=S) groups is 1. The molecule has 38 heavy (non-hydrogen) atoms. The molecule has 0 aliphatic carbocycles. The van der Waals surface area contributed by atoms with Crippen LogP contribution in [0.2, 0.25) is 0 Å². The number of anilines is 2. The SMILES string of the molecule is O=C(O)CCCN1C(=O)/C(=C/c2c(N3CCN(c4ccc(F)cc4)CC3)nc3ccccn3c2=O)SC1=S. The average Bonchev–Trinajstić information content (AvgIpc) is 3.18. The number of thioether (sulfide) groups is 1. The van der Waals surface area contributed by atoms with Crippen molar-refractivity contribution in [1.29, 1.82) is 0 Å². The highest BCUT2D eigenvalue weighted by Gasteiger charge is 2.33. The van der Waals surface area contributed by atoms with Crippen LogP contribution in [-0.2, 0) is 9.59 Å². The Kier molecular flexibility index (Phi) is 7.43. The van der Waals surface area contributed by atoms with Gasteiger partial charge in [-0.05, 0) is 48.9 Å². The summed E-state index contributed by atoms with van der Waals surface area (Å²) in [7, 11) is 0. The zero-order chi connectivity index (χ0) is 26.8. The molecule has 3 aromatic rings. The summed E-state index contributed by atoms with van der Waals surface area (Å²) < 4.78 is 15.1. The van der Waals surface area contributed by atoms with E-state index in [-0.39, 0.29) is 42.2 Å². The van der Waals surface area contributed by atoms with Gasteiger partial charge in [-0.25, -0.2) is 9.37 Å². The molecule has 9 nitrogen and oxygen atoms in total. The molecule has 1 amide bonds. The monoisotopic (exact) mass is 553 g/mol. The molecule has 12 heteroatoms. The second-order valence-corrected chi connectivity index (χ2v) is 10.5. The molecule has 0 radical (unpaired) electrons. The largest absolute Gasteiger partial charge is 0.481 e. The molecule has 2 aliphatic heterocycles. The Morgan fingerprint density at radius 3 is 2.50 bits per heavy atom. The topological polar surface area (TPSA) is 98.5 Å². The van der Waals surface area contributed by atoms with Gasteiger partial charge in [0.25, 0.3) is 11.5 Å². The molecule has 196 valence electrons. The maximum absolute atomic E-state index is 13.6. The highest BCUT2D eigenvalue weighted by molar-refractivity contribution is 8.26. The number of halogens is 1. The van der Waals surface area contributed by atoms with E-state index < -0.39 is 5.97 Å². The molecule has 1 N–H and O–H groups in total. The molecule has 0 saturated carbocycles. The van der Waals surface area contributed by atoms with Gasteiger partial charge in [-0.15, -0.1) is 0 Å². The van der Waals surface area contributed by atoms with Gasteiger partial charge in [-0.1, -0.05) is 30.0 Å². The number of piperazine rings is 1. The molecular weight excluding hydrogens is 529 g/mol. The number of carboxylic acids is 1. The molecule has 0 atom stereocenters. The smallest absolute Gasteiger partial charge is 0.303 e. The van der Waals surface area contributed by atoms with Crippen molar-refractivity contribution in [1.82, 2.24) is 14.3 Å². The summed E-state index contributed by atoms with van der Waals surface area (Å²) >= 11 is 6.46. The van der Waals surface area contributed by atoms with Crippen LogP contribution in [-0.4, -0.2) is 68.3 Å². The fourth-order valence-corrected chi connectivity index (χ4v) is 5.79. The first-order valence-electron chi connectivity index (χ1n) is 12.1. The summed E-state index contributed by atoms with van der Waals surface area (Å²) in [5, 5.41) is 8.91. The Labute approximate surface area is 227 Å². The van der Waals surface area contributed by atoms with Gasteiger partial charge in [0.15, 0.2) is 0 Å². The Morgan fingerprint density at radius 2 is 1.79 bits per heavy atom. The van der Waals surface area contributed by atoms with Crippen LogP contribution < -0.4 is 15.4 Å². The number of pyridine rings is 1. The van der Waals surface area contributed by atoms with E-state index in [1.165, 1.54) is 21.4 Å². The van der Waals surface area contributed by atoms with Crippen molar-refractivity contribution in [2.45, 2.75) is 12.8 Å². The summed E-state index contributed by atoms with van der Waals surface area (Å²) in [6, 6.07) is 11.7. The van der Waals surface area contributed by atoms with Gasteiger partial charge in [0.1, 0.15) is 21.6 Å². The van der Waals surface area contributed by atoms with Crippen LogP contribution in [0.25, 0.3) is 11.7 Å². The van der Waals surface area contributed by atoms with Crippen LogP contribution >= 0.6 is 24.0 Å². The number of carbonyl (C=O) groups is 2. The minimum Gasteiger partial charge on any atom is -0.481 e. The highest BCUT2D eigenvalue weighted by Crippen LogP contribution is 2.34. The Balaban J connectivity index is 1.45. The molecule has 0 spiro atoms. The van der Waals surface area contributed by atoms with Crippen molar-refractivity contribution in [2.24, 2.45) is 0 Å². The summed E-state index contributed by atoms with van der Waals surface area (Å²) in [6.07, 6.45) is 3.39. The van der Waals surface area contributed by atoms with E-state index in [9.17, 15) is 18.8 Å². The second kappa shape index (κ2) is 10.9. The van der Waals surface area contributed by atoms with E-state index in [4.69, 9.17) is 22.3 Å². The number of hydrogen-bond donors (Lipinski definition) is 1. The number of fused-ring (bicyclic) bond motifs is 1. The number of aliphatic carboxylic acids is 1. The van der Waals surface area contributed by atoms with Crippen molar-refractivity contribution in [3.05, 3.63) is 75.3 Å². The lowest BCUT2D eigenvalue weighted by molar-refractivity contribution is -0.137. The van der Waals surface area contributed by atoms with Crippen molar-refractivity contribution < 1.29 is 19.1 Å². The van der Waals surface area contributed by atoms with Crippen LogP contribution in [0.3, 0.4) is 0 Å². The third-order valence-electron chi connectivity index (χ3n) is 6.44. The summed E-state index contributed by atoms with van der Waals surface area (Å²) in [6.45, 7) is 2.63. The van der Waals surface area contributed by atoms with E-state index in [1.54, 1.807) is 42.6 Å². The quantitative estimate of drug-likeness (QED) is 0.349. The van der Waals surface area contributed by atoms with Crippen molar-refractivity contribution in [3.8, 4) is 0 Å². The third kappa shape index (κ3) is 5.27. The van der Waals surface area contributed by atoms with Gasteiger partial charge < -0.3 is 14.9 Å². The molecular formula is C26H24FN5O4S2. The second-order valence-electron chi connectivity index (χ2n) is 8.86. The number of aromatic nitrogens is 2. The van der Waals surface area contributed by atoms with Crippen molar-refractivity contribution in [2.75, 3.05) is 42.5 Å². The predicted octanol–water partition coefficient (Wildman–Crippen LogP) is 3.23. The molecule has 0 bridgehead atoms. The van der Waals surface area contributed by atoms with Gasteiger partial charge in [0, 0.05) is 51.0 Å². The average molecular weight is 554 g/mol. The van der Waals surface area contributed by atoms with Crippen molar-refractivity contribution >= 4 is 63.4 Å². The molecule has 5 rings (SSSR count). The summed E-state index contributed by atoms with van der Waals surface area (Å²) in [5.74, 6) is -1.10. The summed E-state index contributed by atoms with van der Waals surface area (Å²) in [5.41, 5.74) is 1.40. The molecule has 2 aromatic heterocycles. The van der Waals surface area contributed by atoms with Crippen LogP contribution in [0.15, 0.2) is 58.4 Å². The van der Waals surface area contributed by atoms with Crippen LogP contribution in [0.4, 0.5) is 15.9 Å². The number of benzene rings is 1. The first kappa shape index (κ1) is 25.9. The molecule has 2 saturated heterocycles. The standard InChI is InChI=1S/C26H24FN5O4S2/c27-17-6-8-18(9-7-17)29-12-14-30(15-13-29)23-19(24(35)31-10-2-1-4-21(31)28-23)16-20-25(36)32(26(37)38-20)11-3-5-22(33)34/h1-2,4,6-10,16H,3,5,11-15H2,(H,33,34)/b20-16-. The molecule has 1 aromatic carbocycles. The molecule has 2 fully saturated rings. The zero-order valence-electron chi connectivity index (χ0n) is 20.2. The van der Waals surface area contributed by atoms with Gasteiger partial charge >= 0.3 is 5.97 Å². The van der Waals surface area contributed by atoms with Crippen LogP contribution in [0, 0.1) is 5.82 Å². The normalized spacial score (nSPS) is 17.2. The van der Waals surface area contributed by atoms with Gasteiger partial charge in [0.05, 0.1) is 10.5 Å². The number of nitrogens with zero attached hydrogens (tertiary/aromatic N) is 5. The fourth-order valence-electron chi connectivity index (χ4n) is 4.50. The van der Waals surface area contributed by atoms with Gasteiger partial charge in [-0.3, -0.25) is 23.7 Å². The lowest BCUT2D eigenvalue weighted by Gasteiger charge is -2.37. The third-order valence-corrected chi connectivity index (χ3v) is 7.82. The molecule has 4 heterocycles. The fraction of sp³-hybridized carbons (Fsp3) is 0.269. The first-order chi connectivity index (χ1) is 18.3. The van der Waals surface area contributed by atoms with E-state index in [2.05, 4.69) is 4.90 Å². The maximum Gasteiger partial charge on any atom is 0.303 e. The zero-order valence-corrected chi connectivity index (χ0v) is 21.9. The Hall–Kier alpha value is -3.77. The van der Waals surface area contributed by atoms with E-state index in [0.717, 1.165) is 17.4 Å². The lowest BCUT2D eigenvalue weighted by atomic mass is 10.2. The first-order valence-corrected chi connectivity index (χ1v) is 13.3. The Morgan fingerprint density at radius 1 is 1.08 bits per heavy atom. The number of carbonyl (C=O) groups excluding carboxylic acids is 1. The van der Waals surface area contributed by atoms with Crippen LogP contribution in [0.5, 0.6) is 0 Å². The number of hydrogen-bond acceptors (Lipinski definition) is 8. The van der Waals surface area contributed by atoms with Crippen LogP contribution in [0.1, 0.15) is 18.4 Å². The minimum absolute atomic E-state index is 0.0693. The predicted molar refractivity (Wildman–Crippen MR) is 149 cm³/mol. The summed E-state index contributed by atoms with van der Waals surface area (Å²) in [4.78, 5) is 48.2. The van der Waals surface area contributed by atoms with Gasteiger partial charge in [-0.2, -0.15) is 0 Å². The maximum atomic E-state index is 13.6. The van der Waals surface area contributed by atoms with E-state index in [1.807, 2.05) is 4.90 Å². The van der Waals surface area contributed by atoms with E-state index in [0.29, 0.717) is 46.9 Å².